The number of methoxy groups -OCH3 is 3. The zero-order chi connectivity index (χ0) is 23.1. The lowest BCUT2D eigenvalue weighted by atomic mass is 10.2. The molecule has 0 fully saturated rings. The molecule has 0 radical (unpaired) electrons. The van der Waals surface area contributed by atoms with Gasteiger partial charge in [0.1, 0.15) is 11.5 Å². The zero-order valence-corrected chi connectivity index (χ0v) is 18.8. The fourth-order valence-electron chi connectivity index (χ4n) is 3.00. The van der Waals surface area contributed by atoms with Crippen LogP contribution < -0.4 is 14.8 Å². The normalized spacial score (nSPS) is 13.4. The molecule has 170 valence electrons. The van der Waals surface area contributed by atoms with Gasteiger partial charge in [-0.1, -0.05) is 0 Å². The Morgan fingerprint density at radius 3 is 2.38 bits per heavy atom. The number of carbonyl (C=O) groups excluding carboxylic acids is 2. The minimum absolute atomic E-state index is 0.0896. The smallest absolute Gasteiger partial charge is 0.337 e. The highest BCUT2D eigenvalue weighted by Crippen LogP contribution is 2.27. The maximum atomic E-state index is 12.6. The Bertz CT molecular complexity index is 990. The number of ether oxygens (including phenoxy) is 3. The number of aliphatic hydroxyl groups excluding tert-OH is 1. The molecule has 1 amide bonds. The van der Waals surface area contributed by atoms with Crippen molar-refractivity contribution in [2.45, 2.75) is 10.6 Å². The Morgan fingerprint density at radius 2 is 1.81 bits per heavy atom. The molecule has 1 aromatic carbocycles. The van der Waals surface area contributed by atoms with Crippen molar-refractivity contribution >= 4 is 29.3 Å². The Kier molecular flexibility index (Phi) is 7.90. The first-order valence-electron chi connectivity index (χ1n) is 9.66. The number of aliphatic hydroxyl groups is 1. The van der Waals surface area contributed by atoms with E-state index in [1.54, 1.807) is 18.2 Å². The van der Waals surface area contributed by atoms with E-state index in [2.05, 4.69) is 15.3 Å². The second-order valence-corrected chi connectivity index (χ2v) is 7.65. The summed E-state index contributed by atoms with van der Waals surface area (Å²) < 4.78 is 15.1. The van der Waals surface area contributed by atoms with Gasteiger partial charge >= 0.3 is 5.97 Å². The predicted octanol–water partition coefficient (Wildman–Crippen LogP) is 1.46. The van der Waals surface area contributed by atoms with Gasteiger partial charge < -0.3 is 29.5 Å². The number of β-amino-alcohol motifs (C(OH)–C–C–N with tert-alkyl or cyclic N) is 1. The van der Waals surface area contributed by atoms with Crippen molar-refractivity contribution in [1.82, 2.24) is 14.9 Å². The van der Waals surface area contributed by atoms with Gasteiger partial charge in [-0.05, 0) is 24.3 Å². The summed E-state index contributed by atoms with van der Waals surface area (Å²) >= 11 is 1.53. The molecule has 11 heteroatoms. The highest BCUT2D eigenvalue weighted by atomic mass is 32.2. The molecular formula is C21H24N4O6S. The van der Waals surface area contributed by atoms with Crippen molar-refractivity contribution in [3.05, 3.63) is 47.4 Å². The van der Waals surface area contributed by atoms with E-state index in [-0.39, 0.29) is 36.9 Å². The van der Waals surface area contributed by atoms with Crippen molar-refractivity contribution in [2.24, 2.45) is 0 Å². The quantitative estimate of drug-likeness (QED) is 0.398. The van der Waals surface area contributed by atoms with Gasteiger partial charge in [-0.25, -0.2) is 4.79 Å². The van der Waals surface area contributed by atoms with Crippen LogP contribution in [0.25, 0.3) is 0 Å². The van der Waals surface area contributed by atoms with E-state index in [9.17, 15) is 9.59 Å². The standard InChI is InChI=1S/C21H24N4O6S/c1-29-17-10-18(30-2)24-16(23-17)12-32-14-6-4-13(5-7-14)22-19-15(21(28)31-3)11-25(8-9-26)20(19)27/h4-7,10,22,26H,8-9,11-12H2,1-3H3. The van der Waals surface area contributed by atoms with E-state index in [0.717, 1.165) is 4.90 Å². The van der Waals surface area contributed by atoms with E-state index in [0.29, 0.717) is 29.0 Å². The predicted molar refractivity (Wildman–Crippen MR) is 117 cm³/mol. The summed E-state index contributed by atoms with van der Waals surface area (Å²) in [6.45, 7) is 0.0336. The number of nitrogens with one attached hydrogen (secondary N) is 1. The number of aromatic nitrogens is 2. The number of thioether (sulfide) groups is 1. The maximum Gasteiger partial charge on any atom is 0.337 e. The summed E-state index contributed by atoms with van der Waals surface area (Å²) in [4.78, 5) is 35.7. The first kappa shape index (κ1) is 23.4. The molecule has 1 aliphatic heterocycles. The Morgan fingerprint density at radius 1 is 1.16 bits per heavy atom. The van der Waals surface area contributed by atoms with E-state index >= 15 is 0 Å². The van der Waals surface area contributed by atoms with Crippen molar-refractivity contribution < 1.29 is 28.9 Å². The van der Waals surface area contributed by atoms with Crippen LogP contribution in [0.3, 0.4) is 0 Å². The van der Waals surface area contributed by atoms with Gasteiger partial charge in [0, 0.05) is 17.1 Å². The minimum Gasteiger partial charge on any atom is -0.481 e. The Balaban J connectivity index is 1.69. The minimum atomic E-state index is -0.581. The average molecular weight is 461 g/mol. The molecule has 0 saturated carbocycles. The highest BCUT2D eigenvalue weighted by Gasteiger charge is 2.34. The van der Waals surface area contributed by atoms with Gasteiger partial charge in [0.2, 0.25) is 11.8 Å². The summed E-state index contributed by atoms with van der Waals surface area (Å²) in [5, 5.41) is 12.2. The second kappa shape index (κ2) is 10.8. The molecule has 3 rings (SSSR count). The molecule has 0 spiro atoms. The summed E-state index contributed by atoms with van der Waals surface area (Å²) in [5.74, 6) is 0.995. The zero-order valence-electron chi connectivity index (χ0n) is 18.0. The monoisotopic (exact) mass is 460 g/mol. The van der Waals surface area contributed by atoms with Gasteiger partial charge in [0.05, 0.1) is 51.9 Å². The van der Waals surface area contributed by atoms with Gasteiger partial charge in [0.15, 0.2) is 0 Å². The molecule has 32 heavy (non-hydrogen) atoms. The van der Waals surface area contributed by atoms with Crippen LogP contribution in [0.2, 0.25) is 0 Å². The van der Waals surface area contributed by atoms with Crippen LogP contribution in [0, 0.1) is 0 Å². The van der Waals surface area contributed by atoms with E-state index < -0.39 is 5.97 Å². The van der Waals surface area contributed by atoms with Crippen molar-refractivity contribution in [3.8, 4) is 11.8 Å². The highest BCUT2D eigenvalue weighted by molar-refractivity contribution is 7.98. The molecule has 0 bridgehead atoms. The molecule has 0 atom stereocenters. The van der Waals surface area contributed by atoms with Crippen molar-refractivity contribution in [3.63, 3.8) is 0 Å². The summed E-state index contributed by atoms with van der Waals surface area (Å²) in [5.41, 5.74) is 1.03. The molecule has 1 aliphatic rings. The van der Waals surface area contributed by atoms with Crippen LogP contribution in [-0.2, 0) is 20.1 Å². The third kappa shape index (κ3) is 5.48. The average Bonchev–Trinajstić information content (AvgIpc) is 3.13. The Labute approximate surface area is 189 Å². The summed E-state index contributed by atoms with van der Waals surface area (Å²) in [6, 6.07) is 8.98. The van der Waals surface area contributed by atoms with Crippen LogP contribution in [0.1, 0.15) is 5.82 Å². The lowest BCUT2D eigenvalue weighted by Crippen LogP contribution is -2.31. The molecule has 10 nitrogen and oxygen atoms in total. The molecule has 2 N–H and O–H groups in total. The topological polar surface area (TPSA) is 123 Å². The van der Waals surface area contributed by atoms with Crippen LogP contribution in [0.5, 0.6) is 11.8 Å². The summed E-state index contributed by atoms with van der Waals surface area (Å²) in [7, 11) is 4.33. The van der Waals surface area contributed by atoms with E-state index in [1.165, 1.54) is 38.0 Å². The van der Waals surface area contributed by atoms with E-state index in [1.807, 2.05) is 12.1 Å². The third-order valence-electron chi connectivity index (χ3n) is 4.59. The molecular weight excluding hydrogens is 436 g/mol. The van der Waals surface area contributed by atoms with Gasteiger partial charge in [-0.3, -0.25) is 4.79 Å². The fraction of sp³-hybridized carbons (Fsp3) is 0.333. The van der Waals surface area contributed by atoms with E-state index in [4.69, 9.17) is 19.3 Å². The first-order chi connectivity index (χ1) is 15.5. The SMILES string of the molecule is COC(=O)C1=C(Nc2ccc(SCc3nc(OC)cc(OC)n3)cc2)C(=O)N(CCO)C1. The second-order valence-electron chi connectivity index (χ2n) is 6.60. The fourth-order valence-corrected chi connectivity index (χ4v) is 3.75. The Hall–Kier alpha value is -3.31. The molecule has 2 aromatic rings. The number of hydrogen-bond donors (Lipinski definition) is 2. The van der Waals surface area contributed by atoms with Crippen molar-refractivity contribution in [2.75, 3.05) is 46.3 Å². The molecule has 0 saturated heterocycles. The molecule has 2 heterocycles. The number of anilines is 1. The van der Waals surface area contributed by atoms with Crippen molar-refractivity contribution in [1.29, 1.82) is 0 Å². The largest absolute Gasteiger partial charge is 0.481 e. The molecule has 1 aromatic heterocycles. The lowest BCUT2D eigenvalue weighted by molar-refractivity contribution is -0.136. The first-order valence-corrected chi connectivity index (χ1v) is 10.6. The van der Waals surface area contributed by atoms with Crippen LogP contribution in [0.15, 0.2) is 46.5 Å². The number of hydrogen-bond acceptors (Lipinski definition) is 10. The van der Waals surface area contributed by atoms with Crippen LogP contribution in [-0.4, -0.2) is 72.9 Å². The van der Waals surface area contributed by atoms with Gasteiger partial charge in [-0.2, -0.15) is 9.97 Å². The van der Waals surface area contributed by atoms with Crippen LogP contribution in [0.4, 0.5) is 5.69 Å². The molecule has 0 aliphatic carbocycles. The van der Waals surface area contributed by atoms with Crippen LogP contribution >= 0.6 is 11.8 Å². The third-order valence-corrected chi connectivity index (χ3v) is 5.60. The summed E-state index contributed by atoms with van der Waals surface area (Å²) in [6.07, 6.45) is 0. The number of carbonyl (C=O) groups is 2. The number of amides is 1. The maximum absolute atomic E-state index is 12.6. The molecule has 0 unspecified atom stereocenters. The van der Waals surface area contributed by atoms with Gasteiger partial charge in [-0.15, -0.1) is 11.8 Å². The van der Waals surface area contributed by atoms with Gasteiger partial charge in [0.25, 0.3) is 5.91 Å². The number of nitrogens with zero attached hydrogens (tertiary/aromatic N) is 3. The number of esters is 1. The number of rotatable bonds is 10. The number of benzene rings is 1. The lowest BCUT2D eigenvalue weighted by Gasteiger charge is -2.15.